The molecule has 2 aromatic heterocycles. The Labute approximate surface area is 145 Å². The lowest BCUT2D eigenvalue weighted by atomic mass is 10.1. The molecule has 0 aliphatic rings. The van der Waals surface area contributed by atoms with Crippen molar-refractivity contribution in [3.05, 3.63) is 49.8 Å². The quantitative estimate of drug-likeness (QED) is 0.389. The van der Waals surface area contributed by atoms with Gasteiger partial charge in [0.1, 0.15) is 9.52 Å². The molecule has 3 rings (SSSR count). The van der Waals surface area contributed by atoms with E-state index in [0.29, 0.717) is 32.1 Å². The molecule has 0 atom stereocenters. The topological polar surface area (TPSA) is 34.9 Å². The maximum absolute atomic E-state index is 13.4. The van der Waals surface area contributed by atoms with E-state index >= 15 is 0 Å². The molecule has 0 amide bonds. The summed E-state index contributed by atoms with van der Waals surface area (Å²) >= 11 is 3.29. The third-order valence-electron chi connectivity index (χ3n) is 3.15. The van der Waals surface area contributed by atoms with Crippen LogP contribution in [0, 0.1) is 16.4 Å². The fourth-order valence-corrected chi connectivity index (χ4v) is 3.89. The molecule has 23 heavy (non-hydrogen) atoms. The van der Waals surface area contributed by atoms with Crippen molar-refractivity contribution >= 4 is 50.1 Å². The summed E-state index contributed by atoms with van der Waals surface area (Å²) in [5.74, 6) is -1.93. The number of carbonyl (C=O) groups excluding carboxylic acids is 1. The van der Waals surface area contributed by atoms with E-state index in [9.17, 15) is 22.4 Å². The van der Waals surface area contributed by atoms with Crippen molar-refractivity contribution in [2.45, 2.75) is 13.1 Å². The molecule has 0 aliphatic heterocycles. The van der Waals surface area contributed by atoms with Crippen molar-refractivity contribution in [2.24, 2.45) is 0 Å². The minimum atomic E-state index is -4.76. The summed E-state index contributed by atoms with van der Waals surface area (Å²) in [5, 5.41) is 3.99. The van der Waals surface area contributed by atoms with Crippen LogP contribution in [-0.4, -0.2) is 15.7 Å². The van der Waals surface area contributed by atoms with Crippen LogP contribution in [0.25, 0.3) is 10.2 Å². The van der Waals surface area contributed by atoms with Crippen LogP contribution in [0.4, 0.5) is 17.6 Å². The zero-order chi connectivity index (χ0) is 16.9. The minimum Gasteiger partial charge on any atom is -0.267 e. The zero-order valence-corrected chi connectivity index (χ0v) is 14.4. The highest BCUT2D eigenvalue weighted by atomic mass is 127. The van der Waals surface area contributed by atoms with E-state index in [1.165, 1.54) is 11.3 Å². The highest BCUT2D eigenvalue weighted by Gasteiger charge is 2.36. The van der Waals surface area contributed by atoms with Crippen molar-refractivity contribution in [2.75, 3.05) is 0 Å². The summed E-state index contributed by atoms with van der Waals surface area (Å²) < 4.78 is 54.7. The third-order valence-corrected chi connectivity index (χ3v) is 5.32. The molecule has 9 heteroatoms. The molecule has 0 bridgehead atoms. The van der Waals surface area contributed by atoms with Gasteiger partial charge in [-0.15, -0.1) is 11.3 Å². The van der Waals surface area contributed by atoms with Gasteiger partial charge in [-0.2, -0.15) is 23.0 Å². The molecule has 0 fully saturated rings. The monoisotopic (exact) mass is 454 g/mol. The van der Waals surface area contributed by atoms with Crippen LogP contribution in [0.1, 0.15) is 20.8 Å². The maximum atomic E-state index is 13.4. The van der Waals surface area contributed by atoms with E-state index in [1.807, 2.05) is 29.5 Å². The SMILES string of the molecule is Cc1cc2c(s1)c(I)nn2C(=O)c1cc(F)ccc1C(F)(F)F. The highest BCUT2D eigenvalue weighted by Crippen LogP contribution is 2.34. The summed E-state index contributed by atoms with van der Waals surface area (Å²) in [4.78, 5) is 13.4. The molecular formula is C14H7F4IN2OS. The fourth-order valence-electron chi connectivity index (χ4n) is 2.20. The Morgan fingerprint density at radius 3 is 2.65 bits per heavy atom. The Morgan fingerprint density at radius 1 is 1.30 bits per heavy atom. The normalized spacial score (nSPS) is 12.1. The summed E-state index contributed by atoms with van der Waals surface area (Å²) in [5.41, 5.74) is -1.53. The lowest BCUT2D eigenvalue weighted by Gasteiger charge is -2.12. The number of hydrogen-bond acceptors (Lipinski definition) is 3. The van der Waals surface area contributed by atoms with Gasteiger partial charge in [-0.3, -0.25) is 4.79 Å². The molecule has 120 valence electrons. The lowest BCUT2D eigenvalue weighted by Crippen LogP contribution is -2.20. The molecule has 0 radical (unpaired) electrons. The van der Waals surface area contributed by atoms with E-state index in [1.54, 1.807) is 6.07 Å². The largest absolute Gasteiger partial charge is 0.417 e. The zero-order valence-electron chi connectivity index (χ0n) is 11.4. The van der Waals surface area contributed by atoms with Gasteiger partial charge >= 0.3 is 6.18 Å². The molecular weight excluding hydrogens is 447 g/mol. The smallest absolute Gasteiger partial charge is 0.267 e. The summed E-state index contributed by atoms with van der Waals surface area (Å²) in [6, 6.07) is 3.49. The third kappa shape index (κ3) is 2.87. The Hall–Kier alpha value is -1.49. The fraction of sp³-hybridized carbons (Fsp3) is 0.143. The van der Waals surface area contributed by atoms with Crippen molar-refractivity contribution < 1.29 is 22.4 Å². The Kier molecular flexibility index (Phi) is 3.95. The van der Waals surface area contributed by atoms with Crippen LogP contribution in [-0.2, 0) is 6.18 Å². The van der Waals surface area contributed by atoms with E-state index in [4.69, 9.17) is 0 Å². The minimum absolute atomic E-state index is 0.416. The van der Waals surface area contributed by atoms with Gasteiger partial charge < -0.3 is 0 Å². The molecule has 1 aromatic carbocycles. The number of alkyl halides is 3. The van der Waals surface area contributed by atoms with Crippen LogP contribution in [0.15, 0.2) is 24.3 Å². The van der Waals surface area contributed by atoms with Gasteiger partial charge in [-0.1, -0.05) is 0 Å². The van der Waals surface area contributed by atoms with Gasteiger partial charge in [-0.05, 0) is 53.8 Å². The van der Waals surface area contributed by atoms with Gasteiger partial charge in [0, 0.05) is 4.88 Å². The Bertz CT molecular complexity index is 929. The second kappa shape index (κ2) is 5.55. The number of carbonyl (C=O) groups is 1. The van der Waals surface area contributed by atoms with Crippen molar-refractivity contribution in [3.8, 4) is 0 Å². The molecule has 0 spiro atoms. The lowest BCUT2D eigenvalue weighted by molar-refractivity contribution is -0.138. The van der Waals surface area contributed by atoms with E-state index < -0.39 is 29.0 Å². The molecule has 3 nitrogen and oxygen atoms in total. The Morgan fingerprint density at radius 2 is 2.00 bits per heavy atom. The first-order chi connectivity index (χ1) is 10.7. The van der Waals surface area contributed by atoms with Crippen LogP contribution >= 0.6 is 33.9 Å². The van der Waals surface area contributed by atoms with E-state index in [-0.39, 0.29) is 0 Å². The highest BCUT2D eigenvalue weighted by molar-refractivity contribution is 14.1. The summed E-state index contributed by atoms with van der Waals surface area (Å²) in [6.45, 7) is 1.82. The van der Waals surface area contributed by atoms with Crippen LogP contribution in [0.2, 0.25) is 0 Å². The second-order valence-electron chi connectivity index (χ2n) is 4.77. The van der Waals surface area contributed by atoms with Crippen LogP contribution < -0.4 is 0 Å². The van der Waals surface area contributed by atoms with Gasteiger partial charge in [0.15, 0.2) is 0 Å². The Balaban J connectivity index is 2.22. The first kappa shape index (κ1) is 16.4. The predicted molar refractivity (Wildman–Crippen MR) is 86.2 cm³/mol. The summed E-state index contributed by atoms with van der Waals surface area (Å²) in [7, 11) is 0. The average molecular weight is 454 g/mol. The number of halogens is 5. The number of aryl methyl sites for hydroxylation is 1. The van der Waals surface area contributed by atoms with E-state index in [0.717, 1.165) is 9.56 Å². The van der Waals surface area contributed by atoms with Gasteiger partial charge in [0.25, 0.3) is 5.91 Å². The molecule has 0 saturated heterocycles. The number of thiophene rings is 1. The molecule has 0 aliphatic carbocycles. The molecule has 0 saturated carbocycles. The predicted octanol–water partition coefficient (Wildman–Crippen LogP) is 4.86. The van der Waals surface area contributed by atoms with Gasteiger partial charge in [0.05, 0.1) is 21.3 Å². The average Bonchev–Trinajstić information content (AvgIpc) is 2.96. The van der Waals surface area contributed by atoms with Crippen molar-refractivity contribution in [3.63, 3.8) is 0 Å². The summed E-state index contributed by atoms with van der Waals surface area (Å²) in [6.07, 6.45) is -4.76. The molecule has 0 unspecified atom stereocenters. The number of nitrogens with zero attached hydrogens (tertiary/aromatic N) is 2. The van der Waals surface area contributed by atoms with Gasteiger partial charge in [-0.25, -0.2) is 4.39 Å². The first-order valence-corrected chi connectivity index (χ1v) is 8.14. The molecule has 0 N–H and O–H groups in total. The molecule has 2 heterocycles. The van der Waals surface area contributed by atoms with Crippen molar-refractivity contribution in [1.82, 2.24) is 9.78 Å². The maximum Gasteiger partial charge on any atom is 0.417 e. The number of benzene rings is 1. The molecule has 3 aromatic rings. The number of rotatable bonds is 1. The number of fused-ring (bicyclic) bond motifs is 1. The standard InChI is InChI=1S/C14H7F4IN2OS/c1-6-4-10-11(23-6)12(19)20-21(10)13(22)8-5-7(15)2-3-9(8)14(16,17)18/h2-5H,1H3. The first-order valence-electron chi connectivity index (χ1n) is 6.24. The van der Waals surface area contributed by atoms with E-state index in [2.05, 4.69) is 5.10 Å². The number of hydrogen-bond donors (Lipinski definition) is 0. The van der Waals surface area contributed by atoms with Crippen LogP contribution in [0.3, 0.4) is 0 Å². The van der Waals surface area contributed by atoms with Gasteiger partial charge in [0.2, 0.25) is 0 Å². The van der Waals surface area contributed by atoms with Crippen molar-refractivity contribution in [1.29, 1.82) is 0 Å². The second-order valence-corrected chi connectivity index (χ2v) is 7.04. The van der Waals surface area contributed by atoms with Crippen LogP contribution in [0.5, 0.6) is 0 Å². The number of aromatic nitrogens is 2.